The summed E-state index contributed by atoms with van der Waals surface area (Å²) in [7, 11) is 0. The van der Waals surface area contributed by atoms with Crippen LogP contribution in [-0.2, 0) is 18.9 Å². The Hall–Kier alpha value is -2.51. The van der Waals surface area contributed by atoms with Crippen molar-refractivity contribution in [3.05, 3.63) is 70.3 Å². The zero-order chi connectivity index (χ0) is 18.8. The fourth-order valence-electron chi connectivity index (χ4n) is 2.08. The van der Waals surface area contributed by atoms with E-state index in [1.165, 1.54) is 0 Å². The van der Waals surface area contributed by atoms with Gasteiger partial charge in [-0.2, -0.15) is 26.3 Å². The van der Waals surface area contributed by atoms with Gasteiger partial charge in [-0.15, -0.1) is 0 Å². The average Bonchev–Trinajstić information content (AvgIpc) is 2.52. The van der Waals surface area contributed by atoms with Gasteiger partial charge in [-0.3, -0.25) is 4.79 Å². The molecule has 134 valence electrons. The molecular formula is C17H13F6NO. The van der Waals surface area contributed by atoms with E-state index in [1.54, 1.807) is 24.3 Å². The smallest absolute Gasteiger partial charge is 0.348 e. The molecule has 0 atom stereocenters. The van der Waals surface area contributed by atoms with E-state index in [1.807, 2.05) is 6.92 Å². The molecule has 0 saturated heterocycles. The predicted molar refractivity (Wildman–Crippen MR) is 78.8 cm³/mol. The number of benzene rings is 2. The molecule has 2 aromatic rings. The van der Waals surface area contributed by atoms with Gasteiger partial charge in [0.25, 0.3) is 5.91 Å². The number of carbonyl (C=O) groups is 1. The summed E-state index contributed by atoms with van der Waals surface area (Å²) in [5.74, 6) is -1.02. The molecule has 2 rings (SSSR count). The molecule has 0 aliphatic heterocycles. The molecule has 0 bridgehead atoms. The quantitative estimate of drug-likeness (QED) is 0.769. The van der Waals surface area contributed by atoms with Crippen molar-refractivity contribution in [3.8, 4) is 0 Å². The molecule has 0 unspecified atom stereocenters. The summed E-state index contributed by atoms with van der Waals surface area (Å²) >= 11 is 0. The summed E-state index contributed by atoms with van der Waals surface area (Å²) < 4.78 is 76.7. The van der Waals surface area contributed by atoms with Gasteiger partial charge in [-0.05, 0) is 30.7 Å². The molecule has 0 aromatic heterocycles. The number of amides is 1. The Labute approximate surface area is 139 Å². The molecule has 0 heterocycles. The first-order chi connectivity index (χ1) is 11.5. The number of rotatable bonds is 3. The maximum Gasteiger partial charge on any atom is 0.416 e. The Morgan fingerprint density at radius 1 is 0.880 bits per heavy atom. The lowest BCUT2D eigenvalue weighted by Gasteiger charge is -2.14. The first kappa shape index (κ1) is 18.8. The third-order valence-corrected chi connectivity index (χ3v) is 3.42. The Balaban J connectivity index is 2.27. The van der Waals surface area contributed by atoms with Crippen LogP contribution in [0, 0.1) is 6.92 Å². The highest BCUT2D eigenvalue weighted by molar-refractivity contribution is 5.94. The fraction of sp³-hybridized carbons (Fsp3) is 0.235. The van der Waals surface area contributed by atoms with Crippen LogP contribution in [0.1, 0.15) is 32.6 Å². The molecular weight excluding hydrogens is 348 g/mol. The van der Waals surface area contributed by atoms with E-state index in [2.05, 4.69) is 5.32 Å². The molecule has 0 saturated carbocycles. The molecule has 1 N–H and O–H groups in total. The zero-order valence-electron chi connectivity index (χ0n) is 12.9. The number of carbonyl (C=O) groups excluding carboxylic acids is 1. The largest absolute Gasteiger partial charge is 0.416 e. The van der Waals surface area contributed by atoms with Crippen LogP contribution in [0.25, 0.3) is 0 Å². The normalized spacial score (nSPS) is 12.1. The number of nitrogens with one attached hydrogen (secondary N) is 1. The number of alkyl halides is 6. The number of hydrogen-bond donors (Lipinski definition) is 1. The second kappa shape index (κ2) is 6.78. The van der Waals surface area contributed by atoms with Gasteiger partial charge in [-0.1, -0.05) is 29.8 Å². The molecule has 8 heteroatoms. The van der Waals surface area contributed by atoms with Crippen molar-refractivity contribution < 1.29 is 31.1 Å². The van der Waals surface area contributed by atoms with Crippen molar-refractivity contribution in [1.29, 1.82) is 0 Å². The van der Waals surface area contributed by atoms with Gasteiger partial charge in [0, 0.05) is 12.1 Å². The fourth-order valence-corrected chi connectivity index (χ4v) is 2.08. The molecule has 2 nitrogen and oxygen atoms in total. The number of aryl methyl sites for hydroxylation is 1. The molecule has 1 amide bonds. The van der Waals surface area contributed by atoms with Gasteiger partial charge in [-0.25, -0.2) is 0 Å². The minimum atomic E-state index is -4.99. The Morgan fingerprint density at radius 2 is 1.36 bits per heavy atom. The maximum atomic E-state index is 12.8. The Kier molecular flexibility index (Phi) is 5.10. The third-order valence-electron chi connectivity index (χ3n) is 3.42. The molecule has 0 aliphatic rings. The van der Waals surface area contributed by atoms with E-state index in [-0.39, 0.29) is 12.6 Å². The van der Waals surface area contributed by atoms with Crippen molar-refractivity contribution in [3.63, 3.8) is 0 Å². The average molecular weight is 361 g/mol. The van der Waals surface area contributed by atoms with Gasteiger partial charge in [0.15, 0.2) is 0 Å². The second-order valence-electron chi connectivity index (χ2n) is 5.46. The first-order valence-corrected chi connectivity index (χ1v) is 7.10. The van der Waals surface area contributed by atoms with Crippen LogP contribution in [0.3, 0.4) is 0 Å². The van der Waals surface area contributed by atoms with Gasteiger partial charge in [0.2, 0.25) is 0 Å². The van der Waals surface area contributed by atoms with E-state index >= 15 is 0 Å². The highest BCUT2D eigenvalue weighted by Crippen LogP contribution is 2.36. The van der Waals surface area contributed by atoms with E-state index in [4.69, 9.17) is 0 Å². The topological polar surface area (TPSA) is 29.1 Å². The standard InChI is InChI=1S/C17H13F6NO/c1-10-2-4-11(5-3-10)9-24-15(25)12-6-13(16(18,19)20)8-14(7-12)17(21,22)23/h2-8H,9H2,1H3,(H,24,25). The van der Waals surface area contributed by atoms with E-state index < -0.39 is 35.0 Å². The number of hydrogen-bond acceptors (Lipinski definition) is 1. The minimum Gasteiger partial charge on any atom is -0.348 e. The first-order valence-electron chi connectivity index (χ1n) is 7.10. The monoisotopic (exact) mass is 361 g/mol. The lowest BCUT2D eigenvalue weighted by Crippen LogP contribution is -2.24. The molecule has 25 heavy (non-hydrogen) atoms. The summed E-state index contributed by atoms with van der Waals surface area (Å²) in [6, 6.07) is 7.73. The van der Waals surface area contributed by atoms with Crippen LogP contribution >= 0.6 is 0 Å². The van der Waals surface area contributed by atoms with Crippen LogP contribution in [0.2, 0.25) is 0 Å². The van der Waals surface area contributed by atoms with Crippen LogP contribution in [0.5, 0.6) is 0 Å². The van der Waals surface area contributed by atoms with Gasteiger partial charge < -0.3 is 5.32 Å². The van der Waals surface area contributed by atoms with E-state index in [9.17, 15) is 31.1 Å². The lowest BCUT2D eigenvalue weighted by atomic mass is 10.0. The summed E-state index contributed by atoms with van der Waals surface area (Å²) in [5, 5.41) is 2.32. The summed E-state index contributed by atoms with van der Waals surface area (Å²) in [5.41, 5.74) is -2.11. The second-order valence-corrected chi connectivity index (χ2v) is 5.46. The van der Waals surface area contributed by atoms with Crippen LogP contribution in [0.4, 0.5) is 26.3 Å². The summed E-state index contributed by atoms with van der Waals surface area (Å²) in [6.45, 7) is 1.83. The lowest BCUT2D eigenvalue weighted by molar-refractivity contribution is -0.143. The SMILES string of the molecule is Cc1ccc(CNC(=O)c2cc(C(F)(F)F)cc(C(F)(F)F)c2)cc1. The van der Waals surface area contributed by atoms with Crippen molar-refractivity contribution in [1.82, 2.24) is 5.32 Å². The van der Waals surface area contributed by atoms with Crippen molar-refractivity contribution >= 4 is 5.91 Å². The highest BCUT2D eigenvalue weighted by atomic mass is 19.4. The minimum absolute atomic E-state index is 0.0171. The summed E-state index contributed by atoms with van der Waals surface area (Å²) in [6.07, 6.45) is -9.99. The summed E-state index contributed by atoms with van der Waals surface area (Å²) in [4.78, 5) is 12.0. The molecule has 2 aromatic carbocycles. The van der Waals surface area contributed by atoms with Crippen molar-refractivity contribution in [2.24, 2.45) is 0 Å². The van der Waals surface area contributed by atoms with E-state index in [0.717, 1.165) is 5.56 Å². The molecule has 0 radical (unpaired) electrons. The third kappa shape index (κ3) is 4.98. The molecule has 0 aliphatic carbocycles. The zero-order valence-corrected chi connectivity index (χ0v) is 12.9. The van der Waals surface area contributed by atoms with Crippen LogP contribution in [-0.4, -0.2) is 5.91 Å². The van der Waals surface area contributed by atoms with Gasteiger partial charge in [0.1, 0.15) is 0 Å². The maximum absolute atomic E-state index is 12.8. The van der Waals surface area contributed by atoms with Crippen LogP contribution < -0.4 is 5.32 Å². The Bertz CT molecular complexity index is 730. The molecule has 0 spiro atoms. The van der Waals surface area contributed by atoms with Crippen molar-refractivity contribution in [2.45, 2.75) is 25.8 Å². The Morgan fingerprint density at radius 3 is 1.80 bits per heavy atom. The highest BCUT2D eigenvalue weighted by Gasteiger charge is 2.37. The molecule has 0 fully saturated rings. The van der Waals surface area contributed by atoms with Crippen molar-refractivity contribution in [2.75, 3.05) is 0 Å². The number of halogens is 6. The van der Waals surface area contributed by atoms with E-state index in [0.29, 0.717) is 17.7 Å². The predicted octanol–water partition coefficient (Wildman–Crippen LogP) is 4.96. The van der Waals surface area contributed by atoms with Gasteiger partial charge in [0.05, 0.1) is 11.1 Å². The van der Waals surface area contributed by atoms with Gasteiger partial charge >= 0.3 is 12.4 Å². The van der Waals surface area contributed by atoms with Crippen LogP contribution in [0.15, 0.2) is 42.5 Å².